The van der Waals surface area contributed by atoms with Crippen molar-refractivity contribution in [1.29, 1.82) is 0 Å². The van der Waals surface area contributed by atoms with E-state index in [1.807, 2.05) is 0 Å². The molecule has 2 nitrogen and oxygen atoms in total. The molecule has 0 radical (unpaired) electrons. The van der Waals surface area contributed by atoms with Crippen LogP contribution in [0.2, 0.25) is 0 Å². The first-order valence-electron chi connectivity index (χ1n) is 34.7. The van der Waals surface area contributed by atoms with E-state index in [9.17, 15) is 0 Å². The lowest BCUT2D eigenvalue weighted by atomic mass is 9.31. The lowest BCUT2D eigenvalue weighted by Gasteiger charge is -2.38. The number of fused-ring (bicyclic) bond motifs is 8. The van der Waals surface area contributed by atoms with Crippen LogP contribution in [0.15, 0.2) is 303 Å². The lowest BCUT2D eigenvalue weighted by molar-refractivity contribution is 0.486. The van der Waals surface area contributed by atoms with Gasteiger partial charge in [-0.05, 0) is 249 Å². The summed E-state index contributed by atoms with van der Waals surface area (Å²) in [5, 5.41) is 7.63. The third kappa shape index (κ3) is 8.50. The lowest BCUT2D eigenvalue weighted by Crippen LogP contribution is -2.58. The van der Waals surface area contributed by atoms with E-state index in [1.54, 1.807) is 0 Å². The van der Waals surface area contributed by atoms with Gasteiger partial charge < -0.3 is 9.47 Å². The average Bonchev–Trinajstić information content (AvgIpc) is 0.666. The molecule has 0 aromatic heterocycles. The molecule has 0 saturated heterocycles. The van der Waals surface area contributed by atoms with Gasteiger partial charge in [0.05, 0.1) is 0 Å². The zero-order valence-electron chi connectivity index (χ0n) is 55.0. The smallest absolute Gasteiger partial charge is 0.252 e. The fraction of sp³-hybridized carbons (Fsp3) is 0.0638. The van der Waals surface area contributed by atoms with Crippen LogP contribution in [0.3, 0.4) is 0 Å². The number of hydrogen-bond acceptors (Lipinski definition) is 2. The highest BCUT2D eigenvalue weighted by Crippen LogP contribution is 2.56. The monoisotopic (exact) mass is 1250 g/mol. The number of para-hydroxylation sites is 2. The summed E-state index contributed by atoms with van der Waals surface area (Å²) < 4.78 is 14.6. The quantitative estimate of drug-likeness (QED) is 0.100. The molecule has 0 unspecified atom stereocenters. The third-order valence-corrected chi connectivity index (χ3v) is 21.9. The second-order valence-corrected chi connectivity index (χ2v) is 28.0. The zero-order valence-corrected chi connectivity index (χ0v) is 55.0. The SMILES string of the molecule is CC(C)c1cc2c3c(c1)-c1cc(-c4c(-c5ccccc5)cc(-c5ccccc5)cc4-c4ccccc4)c4cc5c6c(cc(-c7c(-c8ccccc8)cc(-c8ccccc8)cc7-c7ccccc7)c7cc(c1c4c76)B3c1ccccc1O2)-c1cc(C(C)C)cc2c1B5c1ccccc1O2. The van der Waals surface area contributed by atoms with E-state index in [0.29, 0.717) is 0 Å². The molecule has 0 fully saturated rings. The molecule has 4 aliphatic rings. The Labute approximate surface area is 572 Å². The van der Waals surface area contributed by atoms with Crippen molar-refractivity contribution in [2.24, 2.45) is 0 Å². The Morgan fingerprint density at radius 3 is 0.857 bits per heavy atom. The highest BCUT2D eigenvalue weighted by molar-refractivity contribution is 7.01. The Morgan fingerprint density at radius 1 is 0.224 bits per heavy atom. The van der Waals surface area contributed by atoms with Crippen LogP contribution in [0.1, 0.15) is 50.7 Å². The molecule has 4 aliphatic heterocycles. The van der Waals surface area contributed by atoms with Gasteiger partial charge in [-0.15, -0.1) is 0 Å². The molecule has 0 atom stereocenters. The maximum Gasteiger partial charge on any atom is 0.252 e. The summed E-state index contributed by atoms with van der Waals surface area (Å²) in [5.41, 5.74) is 33.6. The van der Waals surface area contributed by atoms with Crippen LogP contribution < -0.4 is 42.3 Å². The van der Waals surface area contributed by atoms with E-state index in [4.69, 9.17) is 9.47 Å². The highest BCUT2D eigenvalue weighted by atomic mass is 16.5. The third-order valence-electron chi connectivity index (χ3n) is 21.9. The molecule has 16 aromatic rings. The number of rotatable bonds is 10. The van der Waals surface area contributed by atoms with Gasteiger partial charge in [-0.25, -0.2) is 0 Å². The predicted octanol–water partition coefficient (Wildman–Crippen LogP) is 21.4. The number of benzene rings is 16. The van der Waals surface area contributed by atoms with E-state index in [1.165, 1.54) is 165 Å². The second-order valence-electron chi connectivity index (χ2n) is 28.0. The van der Waals surface area contributed by atoms with Gasteiger partial charge >= 0.3 is 0 Å². The number of ether oxygens (including phenoxy) is 2. The first-order chi connectivity index (χ1) is 48.3. The van der Waals surface area contributed by atoms with Crippen LogP contribution in [-0.2, 0) is 0 Å². The summed E-state index contributed by atoms with van der Waals surface area (Å²) in [4.78, 5) is 0. The van der Waals surface area contributed by atoms with Crippen molar-refractivity contribution >= 4 is 78.5 Å². The predicted molar refractivity (Wildman–Crippen MR) is 415 cm³/mol. The average molecular weight is 1250 g/mol. The van der Waals surface area contributed by atoms with Crippen LogP contribution in [-0.4, -0.2) is 13.4 Å². The number of hydrogen-bond donors (Lipinski definition) is 0. The zero-order chi connectivity index (χ0) is 65.0. The molecule has 0 N–H and O–H groups in total. The van der Waals surface area contributed by atoms with Gasteiger partial charge in [-0.2, -0.15) is 0 Å². The fourth-order valence-corrected chi connectivity index (χ4v) is 17.4. The van der Waals surface area contributed by atoms with Crippen LogP contribution in [0, 0.1) is 0 Å². The topological polar surface area (TPSA) is 18.5 Å². The Kier molecular flexibility index (Phi) is 12.7. The molecule has 0 amide bonds. The second kappa shape index (κ2) is 21.9. The van der Waals surface area contributed by atoms with Gasteiger partial charge in [0.25, 0.3) is 13.4 Å². The van der Waals surface area contributed by atoms with Crippen molar-refractivity contribution in [1.82, 2.24) is 0 Å². The maximum atomic E-state index is 7.32. The van der Waals surface area contributed by atoms with Crippen LogP contribution >= 0.6 is 0 Å². The maximum absolute atomic E-state index is 7.32. The minimum atomic E-state index is -0.150. The fourth-order valence-electron chi connectivity index (χ4n) is 17.4. The largest absolute Gasteiger partial charge is 0.458 e. The molecule has 0 aliphatic carbocycles. The van der Waals surface area contributed by atoms with Crippen molar-refractivity contribution < 1.29 is 9.47 Å². The van der Waals surface area contributed by atoms with Crippen LogP contribution in [0.5, 0.6) is 23.0 Å². The Bertz CT molecular complexity index is 5470. The van der Waals surface area contributed by atoms with Crippen LogP contribution in [0.4, 0.5) is 0 Å². The van der Waals surface area contributed by atoms with E-state index in [-0.39, 0.29) is 25.3 Å². The molecule has 20 rings (SSSR count). The van der Waals surface area contributed by atoms with Crippen molar-refractivity contribution in [3.8, 4) is 134 Å². The normalized spacial score (nSPS) is 12.8. The van der Waals surface area contributed by atoms with E-state index in [0.717, 1.165) is 45.3 Å². The summed E-state index contributed by atoms with van der Waals surface area (Å²) in [5.74, 6) is 4.14. The van der Waals surface area contributed by atoms with E-state index < -0.39 is 0 Å². The van der Waals surface area contributed by atoms with Crippen molar-refractivity contribution in [2.75, 3.05) is 0 Å². The molecule has 4 heterocycles. The van der Waals surface area contributed by atoms with Crippen LogP contribution in [0.25, 0.3) is 144 Å². The van der Waals surface area contributed by atoms with E-state index >= 15 is 0 Å². The van der Waals surface area contributed by atoms with Crippen molar-refractivity contribution in [2.45, 2.75) is 39.5 Å². The Morgan fingerprint density at radius 2 is 0.531 bits per heavy atom. The van der Waals surface area contributed by atoms with Gasteiger partial charge in [0.15, 0.2) is 0 Å². The molecule has 0 bridgehead atoms. The molecule has 0 spiro atoms. The molecule has 98 heavy (non-hydrogen) atoms. The van der Waals surface area contributed by atoms with Gasteiger partial charge in [0, 0.05) is 0 Å². The summed E-state index contributed by atoms with van der Waals surface area (Å²) in [7, 11) is 0. The first kappa shape index (κ1) is 56.6. The Hall–Kier alpha value is -11.7. The molecule has 16 aromatic carbocycles. The molecular weight excluding hydrogens is 1180 g/mol. The summed E-state index contributed by atoms with van der Waals surface area (Å²) in [6, 6.07) is 115. The van der Waals surface area contributed by atoms with Gasteiger partial charge in [-0.3, -0.25) is 0 Å². The van der Waals surface area contributed by atoms with E-state index in [2.05, 4.69) is 331 Å². The summed E-state index contributed by atoms with van der Waals surface area (Å²) >= 11 is 0. The standard InChI is InChI=1S/C94H64B2O2/c1-55(2)63-43-77-73-51-71(87-67(59-31-15-7-16-32-59)45-65(57-27-11-5-12-28-57)46-68(87)60-33-17-8-18-34-60)75-54-82-90-74(78-44-64(56(3)4)50-86-94(78)96(82)80-40-24-26-42-84(80)98-86)52-72(76-53-81(89(73)91(75)92(76)90)95-79-39-23-25-41-83(79)97-85(49-63)93(77)95)88-69(61-35-19-9-20-36-61)47-66(58-29-13-6-14-30-58)48-70(88)62-37-21-10-22-38-62/h5-56H,1-4H3. The van der Waals surface area contributed by atoms with Gasteiger partial charge in [0.2, 0.25) is 0 Å². The van der Waals surface area contributed by atoms with Crippen molar-refractivity contribution in [3.05, 3.63) is 314 Å². The summed E-state index contributed by atoms with van der Waals surface area (Å²) in [6.45, 7) is 8.99. The molecular formula is C94H64B2O2. The minimum Gasteiger partial charge on any atom is -0.458 e. The summed E-state index contributed by atoms with van der Waals surface area (Å²) in [6.07, 6.45) is 0. The minimum absolute atomic E-state index is 0.150. The first-order valence-corrected chi connectivity index (χ1v) is 34.7. The van der Waals surface area contributed by atoms with Gasteiger partial charge in [-0.1, -0.05) is 281 Å². The Balaban J connectivity index is 1.06. The highest BCUT2D eigenvalue weighted by Gasteiger charge is 2.45. The molecule has 4 heteroatoms. The molecule has 0 saturated carbocycles. The van der Waals surface area contributed by atoms with Gasteiger partial charge in [0.1, 0.15) is 23.0 Å². The van der Waals surface area contributed by atoms with Crippen molar-refractivity contribution in [3.63, 3.8) is 0 Å². The molecule has 458 valence electrons.